The first-order valence-electron chi connectivity index (χ1n) is 8.59. The molecule has 1 unspecified atom stereocenters. The van der Waals surface area contributed by atoms with Crippen molar-refractivity contribution in [1.29, 1.82) is 0 Å². The van der Waals surface area contributed by atoms with Gasteiger partial charge in [-0.1, -0.05) is 22.8 Å². The Morgan fingerprint density at radius 1 is 1.22 bits per heavy atom. The smallest absolute Gasteiger partial charge is 0.232 e. The number of halogens is 1. The summed E-state index contributed by atoms with van der Waals surface area (Å²) < 4.78 is 10.9. The molecule has 4 rings (SSSR count). The van der Waals surface area contributed by atoms with E-state index in [2.05, 4.69) is 10.1 Å². The first kappa shape index (κ1) is 17.5. The van der Waals surface area contributed by atoms with Crippen molar-refractivity contribution in [1.82, 2.24) is 10.1 Å². The number of carbonyl (C=O) groups excluding carboxylic acids is 1. The van der Waals surface area contributed by atoms with E-state index in [9.17, 15) is 4.79 Å². The van der Waals surface area contributed by atoms with Crippen LogP contribution < -0.4 is 9.64 Å². The summed E-state index contributed by atoms with van der Waals surface area (Å²) in [5, 5.41) is 4.69. The lowest BCUT2D eigenvalue weighted by molar-refractivity contribution is -0.117. The van der Waals surface area contributed by atoms with Crippen LogP contribution in [0.1, 0.15) is 23.8 Å². The van der Waals surface area contributed by atoms with Crippen molar-refractivity contribution < 1.29 is 14.1 Å². The van der Waals surface area contributed by atoms with Gasteiger partial charge in [-0.05, 0) is 48.9 Å². The molecule has 0 saturated carbocycles. The average molecular weight is 384 g/mol. The highest BCUT2D eigenvalue weighted by Gasteiger charge is 2.36. The molecule has 138 valence electrons. The molecule has 0 aliphatic carbocycles. The van der Waals surface area contributed by atoms with Gasteiger partial charge in [-0.25, -0.2) is 0 Å². The van der Waals surface area contributed by atoms with E-state index in [4.69, 9.17) is 20.9 Å². The van der Waals surface area contributed by atoms with E-state index < -0.39 is 0 Å². The second kappa shape index (κ2) is 7.04. The second-order valence-corrected chi connectivity index (χ2v) is 6.98. The molecule has 2 aromatic carbocycles. The molecule has 6 nitrogen and oxygen atoms in total. The third-order valence-electron chi connectivity index (χ3n) is 4.64. The third-order valence-corrected chi connectivity index (χ3v) is 4.90. The minimum Gasteiger partial charge on any atom is -0.495 e. The molecule has 0 radical (unpaired) electrons. The van der Waals surface area contributed by atoms with Crippen LogP contribution in [-0.4, -0.2) is 29.7 Å². The van der Waals surface area contributed by atoms with Crippen LogP contribution >= 0.6 is 11.6 Å². The number of nitrogens with zero attached hydrogens (tertiary/aromatic N) is 3. The Morgan fingerprint density at radius 3 is 2.74 bits per heavy atom. The van der Waals surface area contributed by atoms with Gasteiger partial charge >= 0.3 is 0 Å². The number of ether oxygens (including phenoxy) is 1. The Morgan fingerprint density at radius 2 is 2.00 bits per heavy atom. The van der Waals surface area contributed by atoms with Crippen molar-refractivity contribution in [3.63, 3.8) is 0 Å². The molecule has 1 aromatic heterocycles. The normalized spacial score (nSPS) is 16.8. The van der Waals surface area contributed by atoms with Crippen molar-refractivity contribution >= 4 is 23.2 Å². The summed E-state index contributed by atoms with van der Waals surface area (Å²) in [5.41, 5.74) is 2.64. The molecule has 2 heterocycles. The third kappa shape index (κ3) is 3.40. The lowest BCUT2D eigenvalue weighted by atomic mass is 10.1. The van der Waals surface area contributed by atoms with Crippen LogP contribution in [0.4, 0.5) is 5.69 Å². The molecule has 0 bridgehead atoms. The molecule has 0 N–H and O–H groups in total. The van der Waals surface area contributed by atoms with Crippen molar-refractivity contribution in [2.24, 2.45) is 0 Å². The number of methoxy groups -OCH3 is 1. The van der Waals surface area contributed by atoms with Gasteiger partial charge in [0.15, 0.2) is 0 Å². The number of hydrogen-bond acceptors (Lipinski definition) is 5. The zero-order valence-electron chi connectivity index (χ0n) is 15.0. The number of anilines is 1. The van der Waals surface area contributed by atoms with Gasteiger partial charge in [0.2, 0.25) is 17.6 Å². The van der Waals surface area contributed by atoms with Gasteiger partial charge < -0.3 is 14.2 Å². The van der Waals surface area contributed by atoms with Gasteiger partial charge in [-0.15, -0.1) is 0 Å². The van der Waals surface area contributed by atoms with E-state index in [1.165, 1.54) is 0 Å². The maximum atomic E-state index is 12.6. The maximum Gasteiger partial charge on any atom is 0.232 e. The molecule has 1 saturated heterocycles. The quantitative estimate of drug-likeness (QED) is 0.674. The van der Waals surface area contributed by atoms with Gasteiger partial charge in [0.25, 0.3) is 0 Å². The molecule has 7 heteroatoms. The molecule has 1 aliphatic rings. The van der Waals surface area contributed by atoms with E-state index in [1.54, 1.807) is 24.1 Å². The number of rotatable bonds is 4. The summed E-state index contributed by atoms with van der Waals surface area (Å²) in [4.78, 5) is 18.8. The van der Waals surface area contributed by atoms with Gasteiger partial charge in [-0.3, -0.25) is 4.79 Å². The van der Waals surface area contributed by atoms with Gasteiger partial charge in [0.1, 0.15) is 5.75 Å². The van der Waals surface area contributed by atoms with Crippen LogP contribution in [0.15, 0.2) is 47.0 Å². The molecule has 3 aromatic rings. The fourth-order valence-corrected chi connectivity index (χ4v) is 3.36. The molecular weight excluding hydrogens is 366 g/mol. The summed E-state index contributed by atoms with van der Waals surface area (Å²) in [5.74, 6) is 1.47. The minimum absolute atomic E-state index is 0.00939. The molecule has 1 aliphatic heterocycles. The molecule has 0 spiro atoms. The monoisotopic (exact) mass is 383 g/mol. The molecular formula is C20H18ClN3O3. The highest BCUT2D eigenvalue weighted by molar-refractivity contribution is 6.30. The predicted octanol–water partition coefficient (Wildman–Crippen LogP) is 4.23. The first-order valence-corrected chi connectivity index (χ1v) is 8.97. The standard InChI is InChI=1S/C20H18ClN3O3/c1-12-3-8-17(26-2)16(9-12)24-11-14(10-18(24)25)20-22-19(23-27-20)13-4-6-15(21)7-5-13/h3-9,14H,10-11H2,1-2H3. The van der Waals surface area contributed by atoms with Gasteiger partial charge in [0, 0.05) is 23.6 Å². The molecule has 1 fully saturated rings. The second-order valence-electron chi connectivity index (χ2n) is 6.54. The SMILES string of the molecule is COc1ccc(C)cc1N1CC(c2nc(-c3ccc(Cl)cc3)no2)CC1=O. The van der Waals surface area contributed by atoms with Crippen molar-refractivity contribution in [2.45, 2.75) is 19.3 Å². The number of aromatic nitrogens is 2. The Kier molecular flexibility index (Phi) is 4.58. The topological polar surface area (TPSA) is 68.5 Å². The van der Waals surface area contributed by atoms with Crippen LogP contribution in [0.5, 0.6) is 5.75 Å². The first-order chi connectivity index (χ1) is 13.0. The largest absolute Gasteiger partial charge is 0.495 e. The fourth-order valence-electron chi connectivity index (χ4n) is 3.23. The average Bonchev–Trinajstić information content (AvgIpc) is 3.29. The summed E-state index contributed by atoms with van der Waals surface area (Å²) in [6, 6.07) is 13.0. The molecule has 27 heavy (non-hydrogen) atoms. The van der Waals surface area contributed by atoms with E-state index in [0.717, 1.165) is 16.8 Å². The van der Waals surface area contributed by atoms with Crippen molar-refractivity contribution in [2.75, 3.05) is 18.6 Å². The summed E-state index contributed by atoms with van der Waals surface area (Å²) >= 11 is 5.92. The van der Waals surface area contributed by atoms with E-state index in [1.807, 2.05) is 37.3 Å². The van der Waals surface area contributed by atoms with Crippen LogP contribution in [0, 0.1) is 6.92 Å². The lowest BCUT2D eigenvalue weighted by Crippen LogP contribution is -2.25. The van der Waals surface area contributed by atoms with Crippen LogP contribution in [0.2, 0.25) is 5.02 Å². The molecule has 1 amide bonds. The highest BCUT2D eigenvalue weighted by Crippen LogP contribution is 2.37. The Hall–Kier alpha value is -2.86. The Bertz CT molecular complexity index is 984. The van der Waals surface area contributed by atoms with Gasteiger partial charge in [0.05, 0.1) is 18.7 Å². The Balaban J connectivity index is 1.58. The van der Waals surface area contributed by atoms with Crippen LogP contribution in [-0.2, 0) is 4.79 Å². The summed E-state index contributed by atoms with van der Waals surface area (Å²) in [7, 11) is 1.60. The summed E-state index contributed by atoms with van der Waals surface area (Å²) in [6.45, 7) is 2.46. The van der Waals surface area contributed by atoms with E-state index >= 15 is 0 Å². The van der Waals surface area contributed by atoms with Crippen molar-refractivity contribution in [3.05, 3.63) is 58.9 Å². The summed E-state index contributed by atoms with van der Waals surface area (Å²) in [6.07, 6.45) is 0.319. The van der Waals surface area contributed by atoms with Crippen molar-refractivity contribution in [3.8, 4) is 17.1 Å². The number of benzene rings is 2. The van der Waals surface area contributed by atoms with E-state index in [-0.39, 0.29) is 11.8 Å². The lowest BCUT2D eigenvalue weighted by Gasteiger charge is -2.19. The van der Waals surface area contributed by atoms with Crippen LogP contribution in [0.3, 0.4) is 0 Å². The Labute approximate surface area is 161 Å². The highest BCUT2D eigenvalue weighted by atomic mass is 35.5. The zero-order valence-corrected chi connectivity index (χ0v) is 15.7. The molecule has 1 atom stereocenters. The van der Waals surface area contributed by atoms with Gasteiger partial charge in [-0.2, -0.15) is 4.98 Å². The number of aryl methyl sites for hydroxylation is 1. The fraction of sp³-hybridized carbons (Fsp3) is 0.250. The maximum absolute atomic E-state index is 12.6. The van der Waals surface area contributed by atoms with Crippen LogP contribution in [0.25, 0.3) is 11.4 Å². The zero-order chi connectivity index (χ0) is 19.0. The van der Waals surface area contributed by atoms with E-state index in [0.29, 0.717) is 35.5 Å². The number of hydrogen-bond donors (Lipinski definition) is 0. The number of carbonyl (C=O) groups is 1. The minimum atomic E-state index is -0.156. The number of amides is 1. The predicted molar refractivity (Wildman–Crippen MR) is 102 cm³/mol.